The van der Waals surface area contributed by atoms with E-state index in [0.29, 0.717) is 5.28 Å². The Kier molecular flexibility index (Phi) is 5.59. The molecule has 0 amide bonds. The molecule has 3 heterocycles. The zero-order valence-electron chi connectivity index (χ0n) is 17.0. The molecule has 0 bridgehead atoms. The Morgan fingerprint density at radius 3 is 2.43 bits per heavy atom. The summed E-state index contributed by atoms with van der Waals surface area (Å²) in [5.74, 6) is 0.995. The van der Waals surface area contributed by atoms with Crippen molar-refractivity contribution in [3.63, 3.8) is 0 Å². The summed E-state index contributed by atoms with van der Waals surface area (Å²) in [7, 11) is 0. The van der Waals surface area contributed by atoms with Crippen molar-refractivity contribution in [2.24, 2.45) is 0 Å². The number of rotatable bonds is 4. The van der Waals surface area contributed by atoms with Gasteiger partial charge in [-0.05, 0) is 55.1 Å². The summed E-state index contributed by atoms with van der Waals surface area (Å²) in [4.78, 5) is 16.5. The van der Waals surface area contributed by atoms with Crippen LogP contribution in [0.1, 0.15) is 29.9 Å². The average molecular weight is 415 g/mol. The summed E-state index contributed by atoms with van der Waals surface area (Å²) in [5, 5.41) is 1.51. The van der Waals surface area contributed by atoms with Crippen LogP contribution in [0.4, 0.5) is 5.82 Å². The van der Waals surface area contributed by atoms with Gasteiger partial charge < -0.3 is 9.80 Å². The second-order valence-electron chi connectivity index (χ2n) is 7.47. The maximum absolute atomic E-state index is 6.34. The Morgan fingerprint density at radius 2 is 1.79 bits per heavy atom. The molecule has 4 rings (SSSR count). The van der Waals surface area contributed by atoms with Crippen LogP contribution in [0.2, 0.25) is 5.28 Å². The SMILES string of the molecule is CCc1sc2nc(Cl)nc(N3CCN(CC)CC3)c2c1-c1ccc(C)c(C)c1. The number of nitrogens with zero attached hydrogens (tertiary/aromatic N) is 4. The van der Waals surface area contributed by atoms with E-state index < -0.39 is 0 Å². The van der Waals surface area contributed by atoms with Crippen molar-refractivity contribution in [1.82, 2.24) is 14.9 Å². The number of aromatic nitrogens is 2. The molecule has 0 spiro atoms. The molecule has 0 unspecified atom stereocenters. The number of piperazine rings is 1. The van der Waals surface area contributed by atoms with Crippen molar-refractivity contribution >= 4 is 39.0 Å². The first-order valence-electron chi connectivity index (χ1n) is 10.1. The molecule has 0 atom stereocenters. The molecule has 1 aliphatic heterocycles. The number of halogens is 1. The topological polar surface area (TPSA) is 32.3 Å². The molecule has 148 valence electrons. The average Bonchev–Trinajstić information content (AvgIpc) is 3.08. The van der Waals surface area contributed by atoms with Crippen LogP contribution < -0.4 is 4.90 Å². The predicted octanol–water partition coefficient (Wildman–Crippen LogP) is 5.33. The van der Waals surface area contributed by atoms with Gasteiger partial charge in [0.25, 0.3) is 0 Å². The lowest BCUT2D eigenvalue weighted by Gasteiger charge is -2.35. The van der Waals surface area contributed by atoms with Gasteiger partial charge in [-0.3, -0.25) is 0 Å². The summed E-state index contributed by atoms with van der Waals surface area (Å²) in [6, 6.07) is 6.74. The van der Waals surface area contributed by atoms with Gasteiger partial charge in [-0.25, -0.2) is 4.98 Å². The van der Waals surface area contributed by atoms with E-state index in [-0.39, 0.29) is 0 Å². The lowest BCUT2D eigenvalue weighted by molar-refractivity contribution is 0.271. The van der Waals surface area contributed by atoms with Gasteiger partial charge in [0.1, 0.15) is 10.6 Å². The third-order valence-electron chi connectivity index (χ3n) is 5.81. The molecule has 28 heavy (non-hydrogen) atoms. The van der Waals surface area contributed by atoms with E-state index in [4.69, 9.17) is 16.6 Å². The highest BCUT2D eigenvalue weighted by Gasteiger charge is 2.25. The van der Waals surface area contributed by atoms with Crippen molar-refractivity contribution < 1.29 is 0 Å². The monoisotopic (exact) mass is 414 g/mol. The van der Waals surface area contributed by atoms with E-state index in [1.807, 2.05) is 0 Å². The number of aryl methyl sites for hydroxylation is 3. The number of benzene rings is 1. The van der Waals surface area contributed by atoms with Crippen molar-refractivity contribution in [2.45, 2.75) is 34.1 Å². The van der Waals surface area contributed by atoms with E-state index in [1.165, 1.54) is 32.5 Å². The number of thiophene rings is 1. The van der Waals surface area contributed by atoms with Crippen LogP contribution in [0.15, 0.2) is 18.2 Å². The van der Waals surface area contributed by atoms with Gasteiger partial charge >= 0.3 is 0 Å². The molecule has 0 aliphatic carbocycles. The normalized spacial score (nSPS) is 15.5. The van der Waals surface area contributed by atoms with Gasteiger partial charge in [-0.15, -0.1) is 11.3 Å². The molecule has 4 nitrogen and oxygen atoms in total. The van der Waals surface area contributed by atoms with Gasteiger partial charge in [-0.1, -0.05) is 32.0 Å². The first-order chi connectivity index (χ1) is 13.5. The summed E-state index contributed by atoms with van der Waals surface area (Å²) in [5.41, 5.74) is 5.17. The lowest BCUT2D eigenvalue weighted by Crippen LogP contribution is -2.46. The van der Waals surface area contributed by atoms with Crippen LogP contribution in [0, 0.1) is 13.8 Å². The van der Waals surface area contributed by atoms with Crippen LogP contribution in [0.5, 0.6) is 0 Å². The fourth-order valence-electron chi connectivity index (χ4n) is 3.96. The lowest BCUT2D eigenvalue weighted by atomic mass is 9.98. The highest BCUT2D eigenvalue weighted by molar-refractivity contribution is 7.19. The fraction of sp³-hybridized carbons (Fsp3) is 0.455. The van der Waals surface area contributed by atoms with Crippen molar-refractivity contribution in [2.75, 3.05) is 37.6 Å². The van der Waals surface area contributed by atoms with E-state index in [0.717, 1.165) is 49.8 Å². The summed E-state index contributed by atoms with van der Waals surface area (Å²) >= 11 is 8.10. The zero-order chi connectivity index (χ0) is 19.8. The van der Waals surface area contributed by atoms with Crippen LogP contribution in [0.25, 0.3) is 21.3 Å². The third kappa shape index (κ3) is 3.51. The highest BCUT2D eigenvalue weighted by Crippen LogP contribution is 2.43. The third-order valence-corrected chi connectivity index (χ3v) is 7.21. The van der Waals surface area contributed by atoms with Crippen LogP contribution in [0.3, 0.4) is 0 Å². The molecular formula is C22H27ClN4S. The van der Waals surface area contributed by atoms with Crippen LogP contribution in [-0.2, 0) is 6.42 Å². The molecular weight excluding hydrogens is 388 g/mol. The number of fused-ring (bicyclic) bond motifs is 1. The van der Waals surface area contributed by atoms with Crippen molar-refractivity contribution in [3.05, 3.63) is 39.5 Å². The first kappa shape index (κ1) is 19.6. The van der Waals surface area contributed by atoms with Gasteiger partial charge in [0.2, 0.25) is 5.28 Å². The molecule has 2 aromatic heterocycles. The zero-order valence-corrected chi connectivity index (χ0v) is 18.6. The minimum absolute atomic E-state index is 0.343. The first-order valence-corrected chi connectivity index (χ1v) is 11.2. The van der Waals surface area contributed by atoms with E-state index in [1.54, 1.807) is 11.3 Å². The summed E-state index contributed by atoms with van der Waals surface area (Å²) < 4.78 is 0. The van der Waals surface area contributed by atoms with Gasteiger partial charge in [0.05, 0.1) is 5.39 Å². The molecule has 1 aliphatic rings. The Hall–Kier alpha value is -1.69. The number of hydrogen-bond acceptors (Lipinski definition) is 5. The molecule has 1 saturated heterocycles. The van der Waals surface area contributed by atoms with Gasteiger partial charge in [0.15, 0.2) is 0 Å². The fourth-order valence-corrected chi connectivity index (χ4v) is 5.30. The minimum atomic E-state index is 0.343. The van der Waals surface area contributed by atoms with Crippen molar-refractivity contribution in [1.29, 1.82) is 0 Å². The second kappa shape index (κ2) is 7.97. The number of anilines is 1. The molecule has 0 saturated carbocycles. The Morgan fingerprint density at radius 1 is 1.04 bits per heavy atom. The van der Waals surface area contributed by atoms with E-state index in [9.17, 15) is 0 Å². The molecule has 0 radical (unpaired) electrons. The standard InChI is InChI=1S/C22H27ClN4S/c1-5-17-18(16-8-7-14(3)15(4)13-16)19-20(24-22(23)25-21(19)28-17)27-11-9-26(6-2)10-12-27/h7-8,13H,5-6,9-12H2,1-4H3. The second-order valence-corrected chi connectivity index (χ2v) is 8.89. The highest BCUT2D eigenvalue weighted by atomic mass is 35.5. The van der Waals surface area contributed by atoms with Gasteiger partial charge in [0, 0.05) is 36.6 Å². The summed E-state index contributed by atoms with van der Waals surface area (Å²) in [6.45, 7) is 13.9. The summed E-state index contributed by atoms with van der Waals surface area (Å²) in [6.07, 6.45) is 0.976. The molecule has 0 N–H and O–H groups in total. The van der Waals surface area contributed by atoms with Crippen molar-refractivity contribution in [3.8, 4) is 11.1 Å². The largest absolute Gasteiger partial charge is 0.353 e. The van der Waals surface area contributed by atoms with E-state index in [2.05, 4.69) is 60.7 Å². The molecule has 1 aromatic carbocycles. The number of likely N-dealkylation sites (N-methyl/N-ethyl adjacent to an activating group) is 1. The van der Waals surface area contributed by atoms with Crippen LogP contribution in [-0.4, -0.2) is 47.6 Å². The Labute approximate surface area is 176 Å². The molecule has 3 aromatic rings. The smallest absolute Gasteiger partial charge is 0.225 e. The minimum Gasteiger partial charge on any atom is -0.353 e. The van der Waals surface area contributed by atoms with Crippen LogP contribution >= 0.6 is 22.9 Å². The quantitative estimate of drug-likeness (QED) is 0.540. The Bertz CT molecular complexity index is 1010. The molecule has 1 fully saturated rings. The predicted molar refractivity (Wildman–Crippen MR) is 121 cm³/mol. The van der Waals surface area contributed by atoms with E-state index >= 15 is 0 Å². The van der Waals surface area contributed by atoms with Gasteiger partial charge in [-0.2, -0.15) is 4.98 Å². The maximum Gasteiger partial charge on any atom is 0.225 e. The maximum atomic E-state index is 6.34. The number of hydrogen-bond donors (Lipinski definition) is 0. The Balaban J connectivity index is 1.90. The molecule has 6 heteroatoms.